The molecule has 2 aliphatic heterocycles. The Labute approximate surface area is 203 Å². The zero-order chi connectivity index (χ0) is 24.4. The fraction of sp³-hybridized carbons (Fsp3) is 0.214. The van der Waals surface area contributed by atoms with E-state index in [1.165, 1.54) is 4.90 Å². The van der Waals surface area contributed by atoms with Crippen molar-refractivity contribution in [1.29, 1.82) is 0 Å². The highest BCUT2D eigenvalue weighted by atomic mass is 16.6. The number of likely N-dealkylation sites (tertiary alicyclic amines) is 1. The highest BCUT2D eigenvalue weighted by Crippen LogP contribution is 2.41. The minimum Gasteiger partial charge on any atom is -0.507 e. The molecule has 35 heavy (non-hydrogen) atoms. The van der Waals surface area contributed by atoms with Gasteiger partial charge in [-0.05, 0) is 47.9 Å². The van der Waals surface area contributed by atoms with Crippen LogP contribution in [0.25, 0.3) is 5.76 Å². The van der Waals surface area contributed by atoms with Crippen molar-refractivity contribution in [1.82, 2.24) is 4.90 Å². The van der Waals surface area contributed by atoms with Crippen LogP contribution in [0.2, 0.25) is 0 Å². The molecule has 1 atom stereocenters. The van der Waals surface area contributed by atoms with E-state index in [1.807, 2.05) is 42.5 Å². The van der Waals surface area contributed by atoms with Gasteiger partial charge in [0.05, 0.1) is 18.7 Å². The van der Waals surface area contributed by atoms with Gasteiger partial charge in [-0.3, -0.25) is 9.59 Å². The molecule has 178 valence electrons. The number of carbonyl (C=O) groups excluding carboxylic acids is 2. The number of rotatable bonds is 6. The largest absolute Gasteiger partial charge is 0.507 e. The van der Waals surface area contributed by atoms with Crippen LogP contribution < -0.4 is 14.2 Å². The van der Waals surface area contributed by atoms with Crippen molar-refractivity contribution >= 4 is 17.4 Å². The van der Waals surface area contributed by atoms with Gasteiger partial charge in [0.1, 0.15) is 24.7 Å². The summed E-state index contributed by atoms with van der Waals surface area (Å²) < 4.78 is 16.5. The summed E-state index contributed by atoms with van der Waals surface area (Å²) in [6.45, 7) is 1.17. The van der Waals surface area contributed by atoms with Gasteiger partial charge in [-0.15, -0.1) is 0 Å². The quantitative estimate of drug-likeness (QED) is 0.331. The van der Waals surface area contributed by atoms with Gasteiger partial charge >= 0.3 is 0 Å². The first-order chi connectivity index (χ1) is 17.1. The van der Waals surface area contributed by atoms with Crippen molar-refractivity contribution in [3.05, 3.63) is 95.1 Å². The second-order valence-corrected chi connectivity index (χ2v) is 8.36. The predicted molar refractivity (Wildman–Crippen MR) is 130 cm³/mol. The van der Waals surface area contributed by atoms with E-state index in [0.717, 1.165) is 5.56 Å². The molecular formula is C28H25NO6. The number of Topliss-reactive ketones (excluding diaryl/α,β-unsaturated/α-hetero) is 1. The molecule has 3 aromatic carbocycles. The number of fused-ring (bicyclic) bond motifs is 1. The summed E-state index contributed by atoms with van der Waals surface area (Å²) in [7, 11) is 1.57. The first kappa shape index (κ1) is 22.5. The molecule has 7 heteroatoms. The molecule has 5 rings (SSSR count). The van der Waals surface area contributed by atoms with Crippen molar-refractivity contribution in [3.63, 3.8) is 0 Å². The van der Waals surface area contributed by atoms with Crippen LogP contribution in [0.3, 0.4) is 0 Å². The Morgan fingerprint density at radius 3 is 2.40 bits per heavy atom. The van der Waals surface area contributed by atoms with E-state index >= 15 is 0 Å². The van der Waals surface area contributed by atoms with Crippen LogP contribution >= 0.6 is 0 Å². The fourth-order valence-electron chi connectivity index (χ4n) is 4.48. The smallest absolute Gasteiger partial charge is 0.295 e. The van der Waals surface area contributed by atoms with Crippen molar-refractivity contribution in [3.8, 4) is 17.2 Å². The molecule has 2 aliphatic rings. The Hall–Kier alpha value is -4.26. The van der Waals surface area contributed by atoms with Crippen molar-refractivity contribution in [2.45, 2.75) is 12.5 Å². The van der Waals surface area contributed by atoms with E-state index in [-0.39, 0.29) is 11.3 Å². The number of benzene rings is 3. The molecule has 0 radical (unpaired) electrons. The molecule has 1 N–H and O–H groups in total. The number of nitrogens with zero attached hydrogens (tertiary/aromatic N) is 1. The van der Waals surface area contributed by atoms with Crippen molar-refractivity contribution in [2.75, 3.05) is 26.9 Å². The van der Waals surface area contributed by atoms with Crippen LogP contribution in [0.1, 0.15) is 22.7 Å². The molecule has 2 heterocycles. The van der Waals surface area contributed by atoms with E-state index in [0.29, 0.717) is 54.6 Å². The lowest BCUT2D eigenvalue weighted by atomic mass is 9.95. The molecule has 3 aromatic rings. The van der Waals surface area contributed by atoms with Crippen LogP contribution in [0.4, 0.5) is 0 Å². The normalized spacial score (nSPS) is 18.5. The van der Waals surface area contributed by atoms with Crippen molar-refractivity contribution in [2.24, 2.45) is 0 Å². The highest BCUT2D eigenvalue weighted by Gasteiger charge is 2.45. The summed E-state index contributed by atoms with van der Waals surface area (Å²) in [6, 6.07) is 21.2. The molecule has 0 saturated carbocycles. The van der Waals surface area contributed by atoms with Gasteiger partial charge in [0.15, 0.2) is 11.5 Å². The Kier molecular flexibility index (Phi) is 6.14. The minimum atomic E-state index is -0.738. The SMILES string of the molecule is COc1ccc(C2/C(=C(\O)c3ccc4c(c3)OCCO4)C(=O)C(=O)N2CCc2ccccc2)cc1. The second kappa shape index (κ2) is 9.54. The van der Waals surface area contributed by atoms with E-state index in [9.17, 15) is 14.7 Å². The Bertz CT molecular complexity index is 1280. The number of aliphatic hydroxyl groups excluding tert-OH is 1. The number of ketones is 1. The first-order valence-electron chi connectivity index (χ1n) is 11.4. The third-order valence-corrected chi connectivity index (χ3v) is 6.27. The summed E-state index contributed by atoms with van der Waals surface area (Å²) >= 11 is 0. The van der Waals surface area contributed by atoms with E-state index in [4.69, 9.17) is 14.2 Å². The van der Waals surface area contributed by atoms with Gasteiger partial charge in [-0.2, -0.15) is 0 Å². The zero-order valence-corrected chi connectivity index (χ0v) is 19.3. The van der Waals surface area contributed by atoms with Gasteiger partial charge in [-0.1, -0.05) is 42.5 Å². The number of carbonyl (C=O) groups is 2. The third-order valence-electron chi connectivity index (χ3n) is 6.27. The van der Waals surface area contributed by atoms with E-state index < -0.39 is 17.7 Å². The summed E-state index contributed by atoms with van der Waals surface area (Å²) in [5.41, 5.74) is 2.19. The lowest BCUT2D eigenvalue weighted by Crippen LogP contribution is -2.31. The molecule has 1 amide bonds. The average Bonchev–Trinajstić information content (AvgIpc) is 3.16. The Morgan fingerprint density at radius 2 is 1.69 bits per heavy atom. The van der Waals surface area contributed by atoms with E-state index in [1.54, 1.807) is 37.4 Å². The standard InChI is InChI=1S/C28H25NO6/c1-33-21-10-7-19(8-11-21)25-24(26(30)20-9-12-22-23(17-20)35-16-15-34-22)27(31)28(32)29(25)14-13-18-5-3-2-4-6-18/h2-12,17,25,30H,13-16H2,1H3/b26-24+. The topological polar surface area (TPSA) is 85.3 Å². The number of hydrogen-bond donors (Lipinski definition) is 1. The average molecular weight is 472 g/mol. The fourth-order valence-corrected chi connectivity index (χ4v) is 4.48. The van der Waals surface area contributed by atoms with Gasteiger partial charge in [0, 0.05) is 12.1 Å². The van der Waals surface area contributed by atoms with Crippen LogP contribution in [-0.4, -0.2) is 48.6 Å². The van der Waals surface area contributed by atoms with Crippen LogP contribution in [-0.2, 0) is 16.0 Å². The minimum absolute atomic E-state index is 0.0462. The summed E-state index contributed by atoms with van der Waals surface area (Å²) in [4.78, 5) is 28.0. The molecular weight excluding hydrogens is 446 g/mol. The number of amides is 1. The maximum atomic E-state index is 13.2. The molecule has 0 spiro atoms. The number of ether oxygens (including phenoxy) is 3. The molecule has 0 aliphatic carbocycles. The van der Waals surface area contributed by atoms with Gasteiger partial charge < -0.3 is 24.2 Å². The van der Waals surface area contributed by atoms with Crippen LogP contribution in [0.5, 0.6) is 17.2 Å². The third kappa shape index (κ3) is 4.33. The van der Waals surface area contributed by atoms with Gasteiger partial charge in [-0.25, -0.2) is 0 Å². The molecule has 0 aromatic heterocycles. The number of hydrogen-bond acceptors (Lipinski definition) is 6. The molecule has 1 unspecified atom stereocenters. The lowest BCUT2D eigenvalue weighted by molar-refractivity contribution is -0.139. The lowest BCUT2D eigenvalue weighted by Gasteiger charge is -2.25. The predicted octanol–water partition coefficient (Wildman–Crippen LogP) is 4.13. The van der Waals surface area contributed by atoms with Crippen molar-refractivity contribution < 1.29 is 28.9 Å². The van der Waals surface area contributed by atoms with E-state index in [2.05, 4.69) is 0 Å². The molecule has 7 nitrogen and oxygen atoms in total. The van der Waals surface area contributed by atoms with Crippen LogP contribution in [0.15, 0.2) is 78.4 Å². The Balaban J connectivity index is 1.57. The van der Waals surface area contributed by atoms with Crippen LogP contribution in [0, 0.1) is 0 Å². The summed E-state index contributed by atoms with van der Waals surface area (Å²) in [6.07, 6.45) is 0.574. The summed E-state index contributed by atoms with van der Waals surface area (Å²) in [5, 5.41) is 11.3. The highest BCUT2D eigenvalue weighted by molar-refractivity contribution is 6.46. The monoisotopic (exact) mass is 471 g/mol. The first-order valence-corrected chi connectivity index (χ1v) is 11.4. The molecule has 0 bridgehead atoms. The second-order valence-electron chi connectivity index (χ2n) is 8.36. The number of aliphatic hydroxyl groups is 1. The molecule has 1 fully saturated rings. The summed E-state index contributed by atoms with van der Waals surface area (Å²) in [5.74, 6) is 0.111. The zero-order valence-electron chi connectivity index (χ0n) is 19.3. The molecule has 1 saturated heterocycles. The van der Waals surface area contributed by atoms with Gasteiger partial charge in [0.25, 0.3) is 11.7 Å². The Morgan fingerprint density at radius 1 is 0.971 bits per heavy atom. The van der Waals surface area contributed by atoms with Gasteiger partial charge in [0.2, 0.25) is 0 Å². The maximum Gasteiger partial charge on any atom is 0.295 e. The number of methoxy groups -OCH3 is 1. The maximum absolute atomic E-state index is 13.2.